The van der Waals surface area contributed by atoms with E-state index in [1.807, 2.05) is 12.1 Å². The number of aromatic nitrogens is 3. The molecule has 0 radical (unpaired) electrons. The Hall–Kier alpha value is -5.04. The number of urea groups is 1. The van der Waals surface area contributed by atoms with Gasteiger partial charge in [0, 0.05) is 60.7 Å². The van der Waals surface area contributed by atoms with Crippen LogP contribution >= 0.6 is 0 Å². The number of nitrogens with one attached hydrogen (secondary N) is 1. The molecule has 1 saturated carbocycles. The molecular formula is C38H40F2N6O5. The molecule has 1 spiro atoms. The van der Waals surface area contributed by atoms with Crippen molar-refractivity contribution in [3.05, 3.63) is 82.4 Å². The lowest BCUT2D eigenvalue weighted by atomic mass is 9.56. The second-order valence-electron chi connectivity index (χ2n) is 15.1. The molecule has 11 nitrogen and oxygen atoms in total. The number of nitrogens with zero attached hydrogens (tertiary/aromatic N) is 5. The van der Waals surface area contributed by atoms with Gasteiger partial charge < -0.3 is 9.26 Å². The molecule has 4 aromatic rings. The number of hydrogen-bond acceptors (Lipinski definition) is 9. The van der Waals surface area contributed by atoms with Crippen LogP contribution < -0.4 is 10.2 Å². The van der Waals surface area contributed by atoms with Crippen molar-refractivity contribution < 1.29 is 32.4 Å². The van der Waals surface area contributed by atoms with Crippen LogP contribution in [0, 0.1) is 30.9 Å². The number of carbonyl (C=O) groups excluding carboxylic acids is 3. The number of benzene rings is 2. The van der Waals surface area contributed by atoms with E-state index in [1.54, 1.807) is 52.8 Å². The number of anilines is 1. The third kappa shape index (κ3) is 6.62. The van der Waals surface area contributed by atoms with Crippen molar-refractivity contribution in [1.29, 1.82) is 0 Å². The molecule has 1 aliphatic carbocycles. The van der Waals surface area contributed by atoms with E-state index >= 15 is 8.78 Å². The van der Waals surface area contributed by atoms with Gasteiger partial charge in [0.15, 0.2) is 11.5 Å². The fourth-order valence-electron chi connectivity index (χ4n) is 7.59. The van der Waals surface area contributed by atoms with Crippen molar-refractivity contribution in [1.82, 2.24) is 25.3 Å². The molecule has 1 N–H and O–H groups in total. The molecule has 51 heavy (non-hydrogen) atoms. The Bertz CT molecular complexity index is 2040. The molecule has 13 heteroatoms. The minimum absolute atomic E-state index is 0.00433. The summed E-state index contributed by atoms with van der Waals surface area (Å²) in [4.78, 5) is 48.7. The van der Waals surface area contributed by atoms with Crippen LogP contribution in [0.2, 0.25) is 0 Å². The first-order chi connectivity index (χ1) is 24.1. The Kier molecular flexibility index (Phi) is 8.52. The first kappa shape index (κ1) is 34.4. The van der Waals surface area contributed by atoms with E-state index in [9.17, 15) is 14.4 Å². The van der Waals surface area contributed by atoms with Gasteiger partial charge >= 0.3 is 12.0 Å². The monoisotopic (exact) mass is 698 g/mol. The van der Waals surface area contributed by atoms with E-state index in [0.717, 1.165) is 37.1 Å². The van der Waals surface area contributed by atoms with Crippen LogP contribution in [0.4, 0.5) is 19.3 Å². The molecule has 3 amide bonds. The van der Waals surface area contributed by atoms with Crippen LogP contribution in [0.3, 0.4) is 0 Å². The second kappa shape index (κ2) is 12.6. The highest BCUT2D eigenvalue weighted by atomic mass is 19.1. The largest absolute Gasteiger partial charge is 0.454 e. The number of carbonyl (C=O) groups is 3. The average molecular weight is 699 g/mol. The van der Waals surface area contributed by atoms with Gasteiger partial charge in [-0.05, 0) is 95.0 Å². The minimum Gasteiger partial charge on any atom is -0.454 e. The first-order valence-corrected chi connectivity index (χ1v) is 17.1. The third-order valence-corrected chi connectivity index (χ3v) is 10.1. The average Bonchev–Trinajstić information content (AvgIpc) is 3.51. The fraction of sp³-hybridized carbons (Fsp3) is 0.421. The van der Waals surface area contributed by atoms with Gasteiger partial charge in [-0.2, -0.15) is 0 Å². The van der Waals surface area contributed by atoms with Gasteiger partial charge in [-0.3, -0.25) is 19.9 Å². The summed E-state index contributed by atoms with van der Waals surface area (Å²) in [6, 6.07) is 11.1. The Morgan fingerprint density at radius 1 is 1.02 bits per heavy atom. The number of ether oxygens (including phenoxy) is 1. The van der Waals surface area contributed by atoms with E-state index in [1.165, 1.54) is 17.0 Å². The number of imide groups is 1. The van der Waals surface area contributed by atoms with Crippen molar-refractivity contribution >= 4 is 23.6 Å². The van der Waals surface area contributed by atoms with Crippen LogP contribution in [0.5, 0.6) is 0 Å². The molecule has 2 aromatic heterocycles. The zero-order valence-corrected chi connectivity index (χ0v) is 29.5. The van der Waals surface area contributed by atoms with Crippen LogP contribution in [0.15, 0.2) is 47.0 Å². The fourth-order valence-corrected chi connectivity index (χ4v) is 7.59. The van der Waals surface area contributed by atoms with Crippen LogP contribution in [0.25, 0.3) is 22.6 Å². The summed E-state index contributed by atoms with van der Waals surface area (Å²) in [6.07, 6.45) is 2.01. The van der Waals surface area contributed by atoms with E-state index in [-0.39, 0.29) is 65.0 Å². The van der Waals surface area contributed by atoms with Gasteiger partial charge in [0.25, 0.3) is 0 Å². The topological polar surface area (TPSA) is 131 Å². The highest BCUT2D eigenvalue weighted by molar-refractivity contribution is 6.05. The molecule has 266 valence electrons. The SMILES string of the molecule is Cc1nc(-c2cc(C(=O)OC(C)(C)C)on2)nc(C)c1-c1ccc(C(C)N2CC3(CC(c4ccc(N5CCC(=O)NC5=O)c(F)c4)C3)C2)cc1F. The van der Waals surface area contributed by atoms with Crippen LogP contribution in [0.1, 0.15) is 92.0 Å². The van der Waals surface area contributed by atoms with Gasteiger partial charge in [0.2, 0.25) is 11.7 Å². The molecule has 4 heterocycles. The highest BCUT2D eigenvalue weighted by Crippen LogP contribution is 2.57. The zero-order valence-electron chi connectivity index (χ0n) is 29.5. The number of likely N-dealkylation sites (tertiary alicyclic amines) is 1. The lowest BCUT2D eigenvalue weighted by Gasteiger charge is -2.61. The van der Waals surface area contributed by atoms with E-state index in [4.69, 9.17) is 9.26 Å². The number of halogens is 2. The van der Waals surface area contributed by atoms with Crippen molar-refractivity contribution in [3.63, 3.8) is 0 Å². The Labute approximate surface area is 294 Å². The van der Waals surface area contributed by atoms with Gasteiger partial charge in [0.05, 0.1) is 5.69 Å². The Balaban J connectivity index is 0.976. The summed E-state index contributed by atoms with van der Waals surface area (Å²) in [7, 11) is 0. The highest BCUT2D eigenvalue weighted by Gasteiger charge is 2.53. The predicted octanol–water partition coefficient (Wildman–Crippen LogP) is 7.04. The molecule has 0 bridgehead atoms. The first-order valence-electron chi connectivity index (χ1n) is 17.1. The summed E-state index contributed by atoms with van der Waals surface area (Å²) in [5.74, 6) is -1.40. The van der Waals surface area contributed by atoms with E-state index in [2.05, 4.69) is 32.3 Å². The molecule has 3 aliphatic rings. The standard InChI is InChI=1S/C38H40F2N6O5/c1-20-33(21(2)42-34(41-20)29-15-31(51-44-29)35(48)50-37(4,5)6)26-9-7-23(13-27(26)39)22(3)45-18-38(19-45)16-25(17-38)24-8-10-30(28(40)14-24)46-12-11-32(47)43-36(46)49/h7-10,13-15,22,25H,11-12,16-19H2,1-6H3,(H,43,47,49). The summed E-state index contributed by atoms with van der Waals surface area (Å²) in [6.45, 7) is 12.8. The Morgan fingerprint density at radius 2 is 1.73 bits per heavy atom. The van der Waals surface area contributed by atoms with Crippen LogP contribution in [-0.4, -0.2) is 63.2 Å². The van der Waals surface area contributed by atoms with Gasteiger partial charge in [-0.1, -0.05) is 23.4 Å². The maximum atomic E-state index is 15.8. The minimum atomic E-state index is -0.690. The molecule has 1 atom stereocenters. The summed E-state index contributed by atoms with van der Waals surface area (Å²) in [5, 5.41) is 6.18. The van der Waals surface area contributed by atoms with Crippen molar-refractivity contribution in [2.45, 2.75) is 78.4 Å². The summed E-state index contributed by atoms with van der Waals surface area (Å²) in [5.41, 5.74) is 3.81. The Morgan fingerprint density at radius 3 is 2.35 bits per heavy atom. The molecule has 1 unspecified atom stereocenters. The van der Waals surface area contributed by atoms with E-state index in [0.29, 0.717) is 22.5 Å². The van der Waals surface area contributed by atoms with Gasteiger partial charge in [0.1, 0.15) is 17.2 Å². The third-order valence-electron chi connectivity index (χ3n) is 10.1. The number of hydrogen-bond donors (Lipinski definition) is 1. The number of rotatable bonds is 7. The van der Waals surface area contributed by atoms with Gasteiger partial charge in [-0.25, -0.2) is 28.3 Å². The number of aryl methyl sites for hydroxylation is 2. The summed E-state index contributed by atoms with van der Waals surface area (Å²) < 4.78 is 41.4. The quantitative estimate of drug-likeness (QED) is 0.202. The lowest BCUT2D eigenvalue weighted by Crippen LogP contribution is -2.61. The lowest BCUT2D eigenvalue weighted by molar-refractivity contribution is -0.120. The van der Waals surface area contributed by atoms with Crippen molar-refractivity contribution in [3.8, 4) is 22.6 Å². The molecule has 3 fully saturated rings. The smallest absolute Gasteiger partial charge is 0.377 e. The predicted molar refractivity (Wildman–Crippen MR) is 184 cm³/mol. The summed E-state index contributed by atoms with van der Waals surface area (Å²) >= 11 is 0. The van der Waals surface area contributed by atoms with E-state index < -0.39 is 23.4 Å². The zero-order chi connectivity index (χ0) is 36.4. The molecule has 2 saturated heterocycles. The molecule has 2 aromatic carbocycles. The van der Waals surface area contributed by atoms with Crippen molar-refractivity contribution in [2.24, 2.45) is 5.41 Å². The van der Waals surface area contributed by atoms with Gasteiger partial charge in [-0.15, -0.1) is 0 Å². The normalized spacial score (nSPS) is 18.3. The molecule has 2 aliphatic heterocycles. The number of esters is 1. The molecular weight excluding hydrogens is 658 g/mol. The van der Waals surface area contributed by atoms with Crippen molar-refractivity contribution in [2.75, 3.05) is 24.5 Å². The maximum Gasteiger partial charge on any atom is 0.377 e. The number of amides is 3. The van der Waals surface area contributed by atoms with Crippen LogP contribution in [-0.2, 0) is 9.53 Å². The maximum absolute atomic E-state index is 15.8. The second-order valence-corrected chi connectivity index (χ2v) is 15.1. The molecule has 7 rings (SSSR count).